The fourth-order valence-electron chi connectivity index (χ4n) is 3.22. The molecule has 1 amide bonds. The molecular formula is C17H18ClN5O. The number of halogens is 1. The molecule has 2 heterocycles. The minimum atomic E-state index is -0.472. The second-order valence-electron chi connectivity index (χ2n) is 5.96. The first-order chi connectivity index (χ1) is 11.6. The first kappa shape index (κ1) is 16.5. The standard InChI is InChI=1S/C17H18ClN5O/c18-14-7-11(8-19)4-5-12(14)10-23-6-2-1-3-15(23)16-13(17(20)24)9-21-22-16/h4-5,7,9,15H,1-3,6,10H2,(H2,20,24)(H,21,22). The molecule has 0 saturated carbocycles. The second kappa shape index (κ2) is 7.04. The fraction of sp³-hybridized carbons (Fsp3) is 0.353. The molecule has 1 saturated heterocycles. The van der Waals surface area contributed by atoms with Crippen LogP contribution >= 0.6 is 11.6 Å². The van der Waals surface area contributed by atoms with Crippen molar-refractivity contribution in [1.82, 2.24) is 15.1 Å². The number of nitriles is 1. The second-order valence-corrected chi connectivity index (χ2v) is 6.37. The average Bonchev–Trinajstić information content (AvgIpc) is 3.07. The van der Waals surface area contributed by atoms with Crippen molar-refractivity contribution in [2.45, 2.75) is 31.8 Å². The molecule has 1 aliphatic rings. The quantitative estimate of drug-likeness (QED) is 0.891. The summed E-state index contributed by atoms with van der Waals surface area (Å²) in [4.78, 5) is 13.9. The van der Waals surface area contributed by atoms with Crippen LogP contribution in [0.25, 0.3) is 0 Å². The zero-order chi connectivity index (χ0) is 17.1. The minimum Gasteiger partial charge on any atom is -0.365 e. The number of aromatic amines is 1. The normalized spacial score (nSPS) is 18.2. The Bertz CT molecular complexity index is 795. The number of amides is 1. The third-order valence-corrected chi connectivity index (χ3v) is 4.79. The van der Waals surface area contributed by atoms with Gasteiger partial charge < -0.3 is 5.73 Å². The molecule has 24 heavy (non-hydrogen) atoms. The summed E-state index contributed by atoms with van der Waals surface area (Å²) in [5.41, 5.74) is 8.17. The van der Waals surface area contributed by atoms with Crippen molar-refractivity contribution in [3.05, 3.63) is 51.8 Å². The summed E-state index contributed by atoms with van der Waals surface area (Å²) in [6.07, 6.45) is 4.58. The highest BCUT2D eigenvalue weighted by atomic mass is 35.5. The Balaban J connectivity index is 1.87. The van der Waals surface area contributed by atoms with Crippen molar-refractivity contribution >= 4 is 17.5 Å². The first-order valence-electron chi connectivity index (χ1n) is 7.86. The number of H-pyrrole nitrogens is 1. The Labute approximate surface area is 145 Å². The Kier molecular flexibility index (Phi) is 4.84. The summed E-state index contributed by atoms with van der Waals surface area (Å²) in [6.45, 7) is 1.55. The van der Waals surface area contributed by atoms with Crippen molar-refractivity contribution in [1.29, 1.82) is 5.26 Å². The number of benzene rings is 1. The molecule has 124 valence electrons. The highest BCUT2D eigenvalue weighted by molar-refractivity contribution is 6.31. The van der Waals surface area contributed by atoms with Crippen LogP contribution in [0, 0.1) is 11.3 Å². The van der Waals surface area contributed by atoms with Crippen LogP contribution in [0.2, 0.25) is 5.02 Å². The van der Waals surface area contributed by atoms with Crippen molar-refractivity contribution in [3.63, 3.8) is 0 Å². The van der Waals surface area contributed by atoms with E-state index in [4.69, 9.17) is 22.6 Å². The van der Waals surface area contributed by atoms with Gasteiger partial charge in [-0.15, -0.1) is 0 Å². The molecule has 3 N–H and O–H groups in total. The van der Waals surface area contributed by atoms with E-state index >= 15 is 0 Å². The van der Waals surface area contributed by atoms with Crippen molar-refractivity contribution < 1.29 is 4.79 Å². The number of aromatic nitrogens is 2. The summed E-state index contributed by atoms with van der Waals surface area (Å²) in [5, 5.41) is 16.5. The third kappa shape index (κ3) is 3.28. The van der Waals surface area contributed by atoms with Crippen LogP contribution in [0.15, 0.2) is 24.4 Å². The van der Waals surface area contributed by atoms with Crippen molar-refractivity contribution in [2.24, 2.45) is 5.73 Å². The van der Waals surface area contributed by atoms with E-state index in [1.54, 1.807) is 12.1 Å². The molecule has 1 aromatic carbocycles. The third-order valence-electron chi connectivity index (χ3n) is 4.44. The van der Waals surface area contributed by atoms with Crippen LogP contribution in [-0.2, 0) is 6.54 Å². The summed E-state index contributed by atoms with van der Waals surface area (Å²) >= 11 is 6.31. The van der Waals surface area contributed by atoms with E-state index in [2.05, 4.69) is 21.2 Å². The highest BCUT2D eigenvalue weighted by Gasteiger charge is 2.29. The van der Waals surface area contributed by atoms with Gasteiger partial charge in [0.05, 0.1) is 35.1 Å². The Morgan fingerprint density at radius 3 is 3.04 bits per heavy atom. The lowest BCUT2D eigenvalue weighted by molar-refractivity contribution is 0.0990. The van der Waals surface area contributed by atoms with E-state index in [0.29, 0.717) is 22.7 Å². The zero-order valence-electron chi connectivity index (χ0n) is 13.1. The number of hydrogen-bond acceptors (Lipinski definition) is 4. The molecule has 1 aliphatic heterocycles. The molecule has 0 aliphatic carbocycles. The van der Waals surface area contributed by atoms with E-state index in [0.717, 1.165) is 37.1 Å². The van der Waals surface area contributed by atoms with Gasteiger partial charge in [0.1, 0.15) is 0 Å². The Morgan fingerprint density at radius 1 is 1.50 bits per heavy atom. The van der Waals surface area contributed by atoms with Crippen molar-refractivity contribution in [3.8, 4) is 6.07 Å². The van der Waals surface area contributed by atoms with Gasteiger partial charge in [-0.05, 0) is 37.1 Å². The SMILES string of the molecule is N#Cc1ccc(CN2CCCCC2c2[nH]ncc2C(N)=O)c(Cl)c1. The molecule has 1 aromatic heterocycles. The number of carbonyl (C=O) groups excluding carboxylic acids is 1. The Hall–Kier alpha value is -2.36. The van der Waals surface area contributed by atoms with Gasteiger partial charge in [0, 0.05) is 11.6 Å². The molecule has 0 bridgehead atoms. The topological polar surface area (TPSA) is 98.8 Å². The first-order valence-corrected chi connectivity index (χ1v) is 8.23. The predicted octanol–water partition coefficient (Wildman–Crippen LogP) is 2.76. The minimum absolute atomic E-state index is 0.0514. The van der Waals surface area contributed by atoms with E-state index in [-0.39, 0.29) is 6.04 Å². The van der Waals surface area contributed by atoms with Gasteiger partial charge in [-0.25, -0.2) is 0 Å². The molecule has 0 radical (unpaired) electrons. The monoisotopic (exact) mass is 343 g/mol. The summed E-state index contributed by atoms with van der Waals surface area (Å²) in [5.74, 6) is -0.472. The molecule has 3 rings (SSSR count). The van der Waals surface area contributed by atoms with Gasteiger partial charge in [-0.1, -0.05) is 24.1 Å². The lowest BCUT2D eigenvalue weighted by Crippen LogP contribution is -2.34. The molecule has 6 nitrogen and oxygen atoms in total. The number of nitrogens with two attached hydrogens (primary N) is 1. The van der Waals surface area contributed by atoms with Gasteiger partial charge in [-0.2, -0.15) is 10.4 Å². The molecular weight excluding hydrogens is 326 g/mol. The van der Waals surface area contributed by atoms with Crippen LogP contribution in [0.3, 0.4) is 0 Å². The number of hydrogen-bond donors (Lipinski definition) is 2. The number of nitrogens with one attached hydrogen (secondary N) is 1. The maximum atomic E-state index is 11.6. The summed E-state index contributed by atoms with van der Waals surface area (Å²) in [7, 11) is 0. The van der Waals surface area contributed by atoms with E-state index in [9.17, 15) is 4.79 Å². The van der Waals surface area contributed by atoms with Gasteiger partial charge in [0.2, 0.25) is 0 Å². The Morgan fingerprint density at radius 2 is 2.33 bits per heavy atom. The highest BCUT2D eigenvalue weighted by Crippen LogP contribution is 2.33. The van der Waals surface area contributed by atoms with Crippen LogP contribution in [0.1, 0.15) is 52.5 Å². The summed E-state index contributed by atoms with van der Waals surface area (Å²) in [6, 6.07) is 7.47. The number of primary amides is 1. The van der Waals surface area contributed by atoms with Gasteiger partial charge in [-0.3, -0.25) is 14.8 Å². The average molecular weight is 344 g/mol. The number of carbonyl (C=O) groups is 1. The molecule has 1 atom stereocenters. The molecule has 7 heteroatoms. The number of nitrogens with zero attached hydrogens (tertiary/aromatic N) is 3. The zero-order valence-corrected chi connectivity index (χ0v) is 13.9. The smallest absolute Gasteiger partial charge is 0.252 e. The number of rotatable bonds is 4. The van der Waals surface area contributed by atoms with E-state index < -0.39 is 5.91 Å². The molecule has 0 spiro atoms. The molecule has 1 unspecified atom stereocenters. The summed E-state index contributed by atoms with van der Waals surface area (Å²) < 4.78 is 0. The van der Waals surface area contributed by atoms with Crippen LogP contribution in [-0.4, -0.2) is 27.5 Å². The van der Waals surface area contributed by atoms with Crippen LogP contribution < -0.4 is 5.73 Å². The van der Waals surface area contributed by atoms with Crippen LogP contribution in [0.4, 0.5) is 0 Å². The molecule has 2 aromatic rings. The van der Waals surface area contributed by atoms with Gasteiger partial charge in [0.15, 0.2) is 0 Å². The number of likely N-dealkylation sites (tertiary alicyclic amines) is 1. The van der Waals surface area contributed by atoms with Crippen molar-refractivity contribution in [2.75, 3.05) is 6.54 Å². The van der Waals surface area contributed by atoms with Gasteiger partial charge >= 0.3 is 0 Å². The fourth-order valence-corrected chi connectivity index (χ4v) is 3.46. The largest absolute Gasteiger partial charge is 0.365 e. The number of piperidine rings is 1. The van der Waals surface area contributed by atoms with E-state index in [1.165, 1.54) is 6.20 Å². The van der Waals surface area contributed by atoms with Crippen LogP contribution in [0.5, 0.6) is 0 Å². The maximum absolute atomic E-state index is 11.6. The lowest BCUT2D eigenvalue weighted by Gasteiger charge is -2.35. The van der Waals surface area contributed by atoms with E-state index in [1.807, 2.05) is 6.07 Å². The maximum Gasteiger partial charge on any atom is 0.252 e. The van der Waals surface area contributed by atoms with Gasteiger partial charge in [0.25, 0.3) is 5.91 Å². The molecule has 1 fully saturated rings. The predicted molar refractivity (Wildman–Crippen MR) is 90.3 cm³/mol. The lowest BCUT2D eigenvalue weighted by atomic mass is 9.96.